The van der Waals surface area contributed by atoms with Gasteiger partial charge in [0.1, 0.15) is 5.75 Å². The Bertz CT molecular complexity index is 1070. The van der Waals surface area contributed by atoms with Gasteiger partial charge in [-0.2, -0.15) is 5.10 Å². The molecule has 4 rings (SSSR count). The molecule has 6 heteroatoms. The van der Waals surface area contributed by atoms with Gasteiger partial charge in [-0.3, -0.25) is 4.79 Å². The number of amides is 1. The lowest BCUT2D eigenvalue weighted by molar-refractivity contribution is -0.110. The normalized spacial score (nSPS) is 15.1. The van der Waals surface area contributed by atoms with Crippen molar-refractivity contribution in [2.24, 2.45) is 10.2 Å². The van der Waals surface area contributed by atoms with E-state index in [2.05, 4.69) is 31.4 Å². The Balaban J connectivity index is 1.75. The maximum Gasteiger partial charge on any atom is 0.276 e. The lowest BCUT2D eigenvalue weighted by Crippen LogP contribution is -2.13. The van der Waals surface area contributed by atoms with E-state index in [1.807, 2.05) is 42.5 Å². The Hall–Kier alpha value is -2.99. The van der Waals surface area contributed by atoms with Crippen molar-refractivity contribution in [1.82, 2.24) is 0 Å². The topological polar surface area (TPSA) is 74.0 Å². The van der Waals surface area contributed by atoms with Gasteiger partial charge in [-0.15, -0.1) is 5.10 Å². The lowest BCUT2D eigenvalue weighted by Gasteiger charge is -2.03. The van der Waals surface area contributed by atoms with E-state index in [1.165, 1.54) is 6.21 Å². The van der Waals surface area contributed by atoms with E-state index in [1.54, 1.807) is 12.1 Å². The standard InChI is InChI=1S/C19H12BrN3O2/c20-12-6-7-16-14(9-12)18(19(25)22-16)23-21-10-15-13-4-2-1-3-11(13)5-8-17(15)24/h1-10,24H,(H,22,23,25)/b21-10+. The number of phenolic OH excluding ortho intramolecular Hbond substituents is 1. The molecular weight excluding hydrogens is 382 g/mol. The monoisotopic (exact) mass is 393 g/mol. The maximum atomic E-state index is 12.1. The summed E-state index contributed by atoms with van der Waals surface area (Å²) in [6.07, 6.45) is 1.47. The number of carbonyl (C=O) groups excluding carboxylic acids is 1. The second-order valence-corrected chi connectivity index (χ2v) is 6.47. The molecule has 5 nitrogen and oxygen atoms in total. The summed E-state index contributed by atoms with van der Waals surface area (Å²) in [7, 11) is 0. The molecule has 0 aliphatic carbocycles. The van der Waals surface area contributed by atoms with Crippen LogP contribution >= 0.6 is 15.9 Å². The number of aromatic hydroxyl groups is 1. The first-order valence-corrected chi connectivity index (χ1v) is 8.36. The summed E-state index contributed by atoms with van der Waals surface area (Å²) in [5.74, 6) is -0.186. The van der Waals surface area contributed by atoms with E-state index >= 15 is 0 Å². The minimum Gasteiger partial charge on any atom is -0.507 e. The van der Waals surface area contributed by atoms with Crippen molar-refractivity contribution in [1.29, 1.82) is 0 Å². The molecule has 0 atom stereocenters. The zero-order valence-electron chi connectivity index (χ0n) is 12.9. The third-order valence-electron chi connectivity index (χ3n) is 3.99. The first-order chi connectivity index (χ1) is 12.1. The van der Waals surface area contributed by atoms with Gasteiger partial charge in [0, 0.05) is 15.6 Å². The molecular formula is C19H12BrN3O2. The Morgan fingerprint density at radius 2 is 1.92 bits per heavy atom. The van der Waals surface area contributed by atoms with E-state index < -0.39 is 0 Å². The molecule has 1 heterocycles. The third-order valence-corrected chi connectivity index (χ3v) is 4.49. The number of rotatable bonds is 2. The summed E-state index contributed by atoms with van der Waals surface area (Å²) in [5.41, 5.74) is 2.21. The highest BCUT2D eigenvalue weighted by atomic mass is 79.9. The molecule has 0 spiro atoms. The van der Waals surface area contributed by atoms with Gasteiger partial charge in [0.2, 0.25) is 0 Å². The Morgan fingerprint density at radius 1 is 1.08 bits per heavy atom. The number of benzene rings is 3. The average molecular weight is 394 g/mol. The highest BCUT2D eigenvalue weighted by Crippen LogP contribution is 2.28. The molecule has 0 fully saturated rings. The van der Waals surface area contributed by atoms with E-state index in [4.69, 9.17) is 0 Å². The second kappa shape index (κ2) is 6.14. The quantitative estimate of drug-likeness (QED) is 0.508. The highest BCUT2D eigenvalue weighted by molar-refractivity contribution is 9.10. The van der Waals surface area contributed by atoms with Crippen LogP contribution in [0.4, 0.5) is 5.69 Å². The van der Waals surface area contributed by atoms with Gasteiger partial charge < -0.3 is 10.4 Å². The molecule has 1 aliphatic rings. The Labute approximate surface area is 151 Å². The molecule has 3 aromatic carbocycles. The van der Waals surface area contributed by atoms with Gasteiger partial charge >= 0.3 is 0 Å². The Kier molecular flexibility index (Phi) is 3.82. The van der Waals surface area contributed by atoms with Crippen LogP contribution in [0.1, 0.15) is 11.1 Å². The Morgan fingerprint density at radius 3 is 2.80 bits per heavy atom. The van der Waals surface area contributed by atoms with Crippen LogP contribution in [-0.2, 0) is 4.79 Å². The number of hydrogen-bond acceptors (Lipinski definition) is 4. The van der Waals surface area contributed by atoms with E-state index in [-0.39, 0.29) is 17.4 Å². The molecule has 1 aliphatic heterocycles. The molecule has 122 valence electrons. The van der Waals surface area contributed by atoms with Gasteiger partial charge in [-0.1, -0.05) is 46.3 Å². The van der Waals surface area contributed by atoms with Crippen molar-refractivity contribution in [3.63, 3.8) is 0 Å². The number of fused-ring (bicyclic) bond motifs is 2. The predicted molar refractivity (Wildman–Crippen MR) is 103 cm³/mol. The molecule has 0 saturated carbocycles. The molecule has 0 aromatic heterocycles. The number of nitrogens with one attached hydrogen (secondary N) is 1. The number of anilines is 1. The van der Waals surface area contributed by atoms with Crippen molar-refractivity contribution >= 4 is 50.2 Å². The zero-order valence-corrected chi connectivity index (χ0v) is 14.5. The molecule has 2 N–H and O–H groups in total. The molecule has 25 heavy (non-hydrogen) atoms. The maximum absolute atomic E-state index is 12.1. The summed E-state index contributed by atoms with van der Waals surface area (Å²) in [6.45, 7) is 0. The molecule has 0 radical (unpaired) electrons. The van der Waals surface area contributed by atoms with Crippen LogP contribution in [0.2, 0.25) is 0 Å². The zero-order chi connectivity index (χ0) is 17.4. The number of nitrogens with zero attached hydrogens (tertiary/aromatic N) is 2. The van der Waals surface area contributed by atoms with Crippen molar-refractivity contribution in [2.75, 3.05) is 5.32 Å². The van der Waals surface area contributed by atoms with Crippen LogP contribution in [0.25, 0.3) is 10.8 Å². The number of halogens is 1. The third kappa shape index (κ3) is 2.81. The summed E-state index contributed by atoms with van der Waals surface area (Å²) in [4.78, 5) is 12.1. The second-order valence-electron chi connectivity index (χ2n) is 5.56. The van der Waals surface area contributed by atoms with Crippen LogP contribution in [0, 0.1) is 0 Å². The first kappa shape index (κ1) is 15.5. The van der Waals surface area contributed by atoms with Crippen molar-refractivity contribution in [2.45, 2.75) is 0 Å². The summed E-state index contributed by atoms with van der Waals surface area (Å²) >= 11 is 3.39. The highest BCUT2D eigenvalue weighted by Gasteiger charge is 2.26. The van der Waals surface area contributed by atoms with Crippen molar-refractivity contribution in [3.8, 4) is 5.75 Å². The molecule has 0 bridgehead atoms. The van der Waals surface area contributed by atoms with E-state index in [0.717, 1.165) is 15.2 Å². The largest absolute Gasteiger partial charge is 0.507 e. The number of phenols is 1. The first-order valence-electron chi connectivity index (χ1n) is 7.56. The fourth-order valence-corrected chi connectivity index (χ4v) is 3.15. The van der Waals surface area contributed by atoms with Gasteiger partial charge in [-0.25, -0.2) is 0 Å². The van der Waals surface area contributed by atoms with Crippen molar-refractivity contribution in [3.05, 3.63) is 70.2 Å². The smallest absolute Gasteiger partial charge is 0.276 e. The molecule has 1 amide bonds. The SMILES string of the molecule is O=C1Nc2ccc(Br)cc2/C1=N\N=C\c1c(O)ccc2ccccc12. The summed E-state index contributed by atoms with van der Waals surface area (Å²) in [5, 5.41) is 22.8. The fourth-order valence-electron chi connectivity index (χ4n) is 2.79. The van der Waals surface area contributed by atoms with Crippen LogP contribution < -0.4 is 5.32 Å². The van der Waals surface area contributed by atoms with Crippen LogP contribution in [0.5, 0.6) is 5.75 Å². The fraction of sp³-hybridized carbons (Fsp3) is 0. The van der Waals surface area contributed by atoms with Gasteiger partial charge in [0.15, 0.2) is 5.71 Å². The van der Waals surface area contributed by atoms with Crippen LogP contribution in [0.15, 0.2) is 69.3 Å². The predicted octanol–water partition coefficient (Wildman–Crippen LogP) is 4.08. The van der Waals surface area contributed by atoms with E-state index in [0.29, 0.717) is 16.8 Å². The molecule has 3 aromatic rings. The number of carbonyl (C=O) groups is 1. The average Bonchev–Trinajstić information content (AvgIpc) is 2.92. The molecule has 0 saturated heterocycles. The van der Waals surface area contributed by atoms with Gasteiger partial charge in [-0.05, 0) is 35.0 Å². The summed E-state index contributed by atoms with van der Waals surface area (Å²) < 4.78 is 0.853. The minimum absolute atomic E-state index is 0.113. The van der Waals surface area contributed by atoms with Crippen molar-refractivity contribution < 1.29 is 9.90 Å². The van der Waals surface area contributed by atoms with Gasteiger partial charge in [0.25, 0.3) is 5.91 Å². The van der Waals surface area contributed by atoms with Crippen LogP contribution in [-0.4, -0.2) is 22.9 Å². The lowest BCUT2D eigenvalue weighted by atomic mass is 10.0. The van der Waals surface area contributed by atoms with E-state index in [9.17, 15) is 9.90 Å². The molecule has 0 unspecified atom stereocenters. The summed E-state index contributed by atoms with van der Waals surface area (Å²) in [6, 6.07) is 16.6. The number of hydrogen-bond donors (Lipinski definition) is 2. The van der Waals surface area contributed by atoms with Crippen LogP contribution in [0.3, 0.4) is 0 Å². The minimum atomic E-state index is -0.299. The van der Waals surface area contributed by atoms with Gasteiger partial charge in [0.05, 0.1) is 11.9 Å².